The van der Waals surface area contributed by atoms with Crippen molar-refractivity contribution in [3.8, 4) is 0 Å². The number of aliphatic hydroxyl groups excluding tert-OH is 1. The first kappa shape index (κ1) is 13.0. The second-order valence-corrected chi connectivity index (χ2v) is 4.59. The van der Waals surface area contributed by atoms with E-state index in [0.29, 0.717) is 12.6 Å². The molecular formula is C13H15F2NO2. The van der Waals surface area contributed by atoms with Crippen LogP contribution in [-0.2, 0) is 0 Å². The summed E-state index contributed by atoms with van der Waals surface area (Å²) in [4.78, 5) is 11.7. The molecule has 5 heteroatoms. The normalized spacial score (nSPS) is 23.1. The molecule has 2 rings (SSSR count). The van der Waals surface area contributed by atoms with Gasteiger partial charge in [0, 0.05) is 18.5 Å². The zero-order valence-electron chi connectivity index (χ0n) is 9.83. The van der Waals surface area contributed by atoms with Crippen LogP contribution in [0.4, 0.5) is 8.78 Å². The Hall–Kier alpha value is -1.49. The molecule has 0 bridgehead atoms. The van der Waals surface area contributed by atoms with Gasteiger partial charge in [-0.2, -0.15) is 0 Å². The molecule has 0 spiro atoms. The van der Waals surface area contributed by atoms with Crippen LogP contribution < -0.4 is 5.32 Å². The van der Waals surface area contributed by atoms with Gasteiger partial charge in [-0.05, 0) is 25.0 Å². The van der Waals surface area contributed by atoms with Gasteiger partial charge in [-0.15, -0.1) is 0 Å². The highest BCUT2D eigenvalue weighted by molar-refractivity contribution is 5.94. The number of nitrogens with one attached hydrogen (secondary N) is 1. The molecule has 1 aliphatic rings. The summed E-state index contributed by atoms with van der Waals surface area (Å²) in [5, 5.41) is 12.2. The molecule has 0 radical (unpaired) electrons. The van der Waals surface area contributed by atoms with E-state index in [9.17, 15) is 18.7 Å². The highest BCUT2D eigenvalue weighted by atomic mass is 19.1. The van der Waals surface area contributed by atoms with E-state index >= 15 is 0 Å². The van der Waals surface area contributed by atoms with Crippen molar-refractivity contribution < 1.29 is 18.7 Å². The number of carbonyl (C=O) groups excluding carboxylic acids is 1. The van der Waals surface area contributed by atoms with E-state index in [-0.39, 0.29) is 11.5 Å². The molecule has 1 fully saturated rings. The van der Waals surface area contributed by atoms with Crippen LogP contribution in [0.25, 0.3) is 0 Å². The second kappa shape index (κ2) is 5.44. The quantitative estimate of drug-likeness (QED) is 0.866. The lowest BCUT2D eigenvalue weighted by atomic mass is 10.1. The lowest BCUT2D eigenvalue weighted by Crippen LogP contribution is -2.32. The molecule has 1 amide bonds. The van der Waals surface area contributed by atoms with Crippen molar-refractivity contribution in [1.29, 1.82) is 0 Å². The van der Waals surface area contributed by atoms with E-state index in [1.54, 1.807) is 0 Å². The number of amides is 1. The molecule has 1 aliphatic carbocycles. The maximum Gasteiger partial charge on any atom is 0.254 e. The Labute approximate surface area is 104 Å². The average Bonchev–Trinajstić information content (AvgIpc) is 2.72. The van der Waals surface area contributed by atoms with Gasteiger partial charge in [0.2, 0.25) is 0 Å². The molecule has 1 aromatic rings. The predicted molar refractivity (Wildman–Crippen MR) is 62.0 cm³/mol. The van der Waals surface area contributed by atoms with Crippen molar-refractivity contribution >= 4 is 5.91 Å². The predicted octanol–water partition coefficient (Wildman–Crippen LogP) is 1.86. The first-order chi connectivity index (χ1) is 8.58. The average molecular weight is 255 g/mol. The third kappa shape index (κ3) is 2.85. The number of benzene rings is 1. The summed E-state index contributed by atoms with van der Waals surface area (Å²) >= 11 is 0. The van der Waals surface area contributed by atoms with Crippen molar-refractivity contribution in [2.24, 2.45) is 5.92 Å². The molecular weight excluding hydrogens is 240 g/mol. The van der Waals surface area contributed by atoms with Gasteiger partial charge in [-0.1, -0.05) is 6.42 Å². The maximum atomic E-state index is 13.3. The van der Waals surface area contributed by atoms with Gasteiger partial charge in [0.05, 0.1) is 11.7 Å². The van der Waals surface area contributed by atoms with Gasteiger partial charge >= 0.3 is 0 Å². The Kier molecular flexibility index (Phi) is 3.91. The molecule has 98 valence electrons. The maximum absolute atomic E-state index is 13.3. The summed E-state index contributed by atoms with van der Waals surface area (Å²) in [6, 6.07) is 2.84. The molecule has 0 aliphatic heterocycles. The molecule has 0 saturated heterocycles. The Morgan fingerprint density at radius 3 is 2.78 bits per heavy atom. The lowest BCUT2D eigenvalue weighted by Gasteiger charge is -2.15. The van der Waals surface area contributed by atoms with Crippen LogP contribution in [0.5, 0.6) is 0 Å². The number of hydrogen-bond acceptors (Lipinski definition) is 2. The largest absolute Gasteiger partial charge is 0.393 e. The number of carbonyl (C=O) groups is 1. The molecule has 0 heterocycles. The van der Waals surface area contributed by atoms with E-state index in [0.717, 1.165) is 31.4 Å². The molecule has 2 unspecified atom stereocenters. The number of aliphatic hydroxyl groups is 1. The van der Waals surface area contributed by atoms with Crippen molar-refractivity contribution in [3.05, 3.63) is 35.4 Å². The summed E-state index contributed by atoms with van der Waals surface area (Å²) in [6.07, 6.45) is 2.13. The Balaban J connectivity index is 1.95. The third-order valence-corrected chi connectivity index (χ3v) is 3.32. The minimum atomic E-state index is -0.875. The highest BCUT2D eigenvalue weighted by Crippen LogP contribution is 2.24. The summed E-state index contributed by atoms with van der Waals surface area (Å²) in [5.74, 6) is -2.14. The van der Waals surface area contributed by atoms with Gasteiger partial charge in [-0.25, -0.2) is 8.78 Å². The van der Waals surface area contributed by atoms with Crippen molar-refractivity contribution in [2.75, 3.05) is 6.54 Å². The zero-order chi connectivity index (χ0) is 13.1. The minimum Gasteiger partial charge on any atom is -0.393 e. The summed E-state index contributed by atoms with van der Waals surface area (Å²) in [6.45, 7) is 0.316. The topological polar surface area (TPSA) is 49.3 Å². The molecule has 1 saturated carbocycles. The fraction of sp³-hybridized carbons (Fsp3) is 0.462. The fourth-order valence-electron chi connectivity index (χ4n) is 2.25. The van der Waals surface area contributed by atoms with Gasteiger partial charge in [0.1, 0.15) is 11.6 Å². The molecule has 0 aromatic heterocycles. The first-order valence-corrected chi connectivity index (χ1v) is 5.99. The van der Waals surface area contributed by atoms with E-state index in [2.05, 4.69) is 5.32 Å². The first-order valence-electron chi connectivity index (χ1n) is 5.99. The molecule has 2 atom stereocenters. The minimum absolute atomic E-state index is 0.0254. The van der Waals surface area contributed by atoms with E-state index in [1.165, 1.54) is 0 Å². The molecule has 1 aromatic carbocycles. The third-order valence-electron chi connectivity index (χ3n) is 3.32. The summed E-state index contributed by atoms with van der Waals surface area (Å²) < 4.78 is 26.0. The lowest BCUT2D eigenvalue weighted by molar-refractivity contribution is 0.0913. The van der Waals surface area contributed by atoms with Gasteiger partial charge in [0.25, 0.3) is 5.91 Å². The van der Waals surface area contributed by atoms with Gasteiger partial charge in [0.15, 0.2) is 0 Å². The second-order valence-electron chi connectivity index (χ2n) is 4.59. The van der Waals surface area contributed by atoms with Crippen LogP contribution in [-0.4, -0.2) is 23.7 Å². The number of rotatable bonds is 3. The Morgan fingerprint density at radius 2 is 2.17 bits per heavy atom. The van der Waals surface area contributed by atoms with Crippen LogP contribution in [0.3, 0.4) is 0 Å². The van der Waals surface area contributed by atoms with E-state index in [4.69, 9.17) is 0 Å². The van der Waals surface area contributed by atoms with Crippen LogP contribution in [0.15, 0.2) is 18.2 Å². The Morgan fingerprint density at radius 1 is 1.39 bits per heavy atom. The van der Waals surface area contributed by atoms with Gasteiger partial charge in [-0.3, -0.25) is 4.79 Å². The number of hydrogen-bond donors (Lipinski definition) is 2. The Bertz CT molecular complexity index is 451. The van der Waals surface area contributed by atoms with Gasteiger partial charge < -0.3 is 10.4 Å². The smallest absolute Gasteiger partial charge is 0.254 e. The zero-order valence-corrected chi connectivity index (χ0v) is 9.83. The van der Waals surface area contributed by atoms with Crippen LogP contribution in [0, 0.1) is 17.6 Å². The van der Waals surface area contributed by atoms with E-state index in [1.807, 2.05) is 0 Å². The molecule has 3 nitrogen and oxygen atoms in total. The van der Waals surface area contributed by atoms with Crippen LogP contribution in [0.1, 0.15) is 29.6 Å². The SMILES string of the molecule is O=C(NCC1CCCC1O)c1ccc(F)cc1F. The molecule has 2 N–H and O–H groups in total. The summed E-state index contributed by atoms with van der Waals surface area (Å²) in [7, 11) is 0. The van der Waals surface area contributed by atoms with Crippen molar-refractivity contribution in [2.45, 2.75) is 25.4 Å². The van der Waals surface area contributed by atoms with Crippen LogP contribution >= 0.6 is 0 Å². The highest BCUT2D eigenvalue weighted by Gasteiger charge is 2.25. The van der Waals surface area contributed by atoms with Crippen molar-refractivity contribution in [3.63, 3.8) is 0 Å². The fourth-order valence-corrected chi connectivity index (χ4v) is 2.25. The summed E-state index contributed by atoms with van der Waals surface area (Å²) in [5.41, 5.74) is -0.177. The number of halogens is 2. The van der Waals surface area contributed by atoms with Crippen molar-refractivity contribution in [1.82, 2.24) is 5.32 Å². The van der Waals surface area contributed by atoms with E-state index < -0.39 is 23.6 Å². The molecule has 18 heavy (non-hydrogen) atoms. The standard InChI is InChI=1S/C13H15F2NO2/c14-9-4-5-10(11(15)6-9)13(18)16-7-8-2-1-3-12(8)17/h4-6,8,12,17H,1-3,7H2,(H,16,18). The monoisotopic (exact) mass is 255 g/mol. The van der Waals surface area contributed by atoms with Crippen LogP contribution in [0.2, 0.25) is 0 Å².